The van der Waals surface area contributed by atoms with Gasteiger partial charge < -0.3 is 10.5 Å². The van der Waals surface area contributed by atoms with Crippen LogP contribution in [0.15, 0.2) is 35.0 Å². The standard InChI is InChI=1S/C13H19FO.C12H25N.C8H13NO.C3H8.C2H6/c1-4-6-10(3)15-13-9-11(5-2)7-8-12(13)14;1-4-8-12(13)9-10(3)6-7-11(12)5-2;1-4-6-8(7(3)10)9-5-2;1-3-2;1-2/h7-10H,4-6H2,1-3H3;10-11H,4-9,13H2,1-3H3;5-6H,4H2,1-3H3;3H2,1-2H3;1-2H3/b;;8-6-,9-5?;;/t;10?,11-,12-;;;/m.0.../s1. The van der Waals surface area contributed by atoms with Crippen LogP contribution in [0.1, 0.15) is 160 Å². The Kier molecular flexibility index (Phi) is 30.4. The number of ether oxygens (including phenoxy) is 1. The molecule has 0 aromatic heterocycles. The summed E-state index contributed by atoms with van der Waals surface area (Å²) < 4.78 is 18.9. The Hall–Kier alpha value is -2.01. The van der Waals surface area contributed by atoms with Crippen LogP contribution in [0.2, 0.25) is 0 Å². The highest BCUT2D eigenvalue weighted by molar-refractivity contribution is 5.94. The molecule has 252 valence electrons. The third-order valence-corrected chi connectivity index (χ3v) is 7.21. The summed E-state index contributed by atoms with van der Waals surface area (Å²) in [5.74, 6) is 1.77. The van der Waals surface area contributed by atoms with E-state index in [-0.39, 0.29) is 23.2 Å². The first kappa shape index (κ1) is 45.4. The second kappa shape index (κ2) is 28.7. The van der Waals surface area contributed by atoms with Crippen molar-refractivity contribution in [3.63, 3.8) is 0 Å². The first-order valence-corrected chi connectivity index (χ1v) is 17.4. The first-order valence-electron chi connectivity index (χ1n) is 17.4. The second-order valence-electron chi connectivity index (χ2n) is 11.5. The summed E-state index contributed by atoms with van der Waals surface area (Å²) in [5.41, 5.74) is 8.35. The molecule has 2 rings (SSSR count). The molecular weight excluding hydrogens is 535 g/mol. The van der Waals surface area contributed by atoms with E-state index in [4.69, 9.17) is 10.5 Å². The highest BCUT2D eigenvalue weighted by Gasteiger charge is 2.37. The maximum atomic E-state index is 13.4. The van der Waals surface area contributed by atoms with Crippen LogP contribution in [-0.4, -0.2) is 23.6 Å². The molecule has 0 bridgehead atoms. The van der Waals surface area contributed by atoms with Crippen molar-refractivity contribution in [1.29, 1.82) is 0 Å². The highest BCUT2D eigenvalue weighted by atomic mass is 19.1. The second-order valence-corrected chi connectivity index (χ2v) is 11.5. The van der Waals surface area contributed by atoms with Crippen molar-refractivity contribution >= 4 is 12.0 Å². The van der Waals surface area contributed by atoms with Crippen LogP contribution in [0.5, 0.6) is 5.75 Å². The molecule has 1 aromatic carbocycles. The largest absolute Gasteiger partial charge is 0.488 e. The fourth-order valence-corrected chi connectivity index (χ4v) is 5.23. The van der Waals surface area contributed by atoms with Gasteiger partial charge in [0.15, 0.2) is 17.3 Å². The number of nitrogens with two attached hydrogens (primary N) is 1. The van der Waals surface area contributed by atoms with E-state index in [1.807, 2.05) is 40.7 Å². The van der Waals surface area contributed by atoms with Crippen molar-refractivity contribution in [2.24, 2.45) is 22.6 Å². The fraction of sp³-hybridized carbons (Fsp3) is 0.737. The van der Waals surface area contributed by atoms with E-state index in [1.165, 1.54) is 57.9 Å². The number of carbonyl (C=O) groups is 1. The normalized spacial score (nSPS) is 20.1. The van der Waals surface area contributed by atoms with Gasteiger partial charge in [-0.15, -0.1) is 0 Å². The van der Waals surface area contributed by atoms with Crippen LogP contribution in [-0.2, 0) is 11.2 Å². The van der Waals surface area contributed by atoms with Crippen LogP contribution in [0.4, 0.5) is 4.39 Å². The average Bonchev–Trinajstić information content (AvgIpc) is 2.96. The van der Waals surface area contributed by atoms with Gasteiger partial charge in [-0.2, -0.15) is 0 Å². The zero-order valence-corrected chi connectivity index (χ0v) is 30.6. The van der Waals surface area contributed by atoms with Gasteiger partial charge in [0.25, 0.3) is 0 Å². The van der Waals surface area contributed by atoms with Gasteiger partial charge in [0.1, 0.15) is 5.70 Å². The van der Waals surface area contributed by atoms with E-state index in [9.17, 15) is 9.18 Å². The molecule has 5 heteroatoms. The highest BCUT2D eigenvalue weighted by Crippen LogP contribution is 2.39. The summed E-state index contributed by atoms with van der Waals surface area (Å²) in [7, 11) is 0. The molecule has 1 fully saturated rings. The fourth-order valence-electron chi connectivity index (χ4n) is 5.23. The number of allylic oxidation sites excluding steroid dienone is 2. The number of Topliss-reactive ketones (excluding diaryl/α,β-unsaturated/α-hetero) is 1. The molecule has 1 aliphatic rings. The molecule has 0 saturated heterocycles. The van der Waals surface area contributed by atoms with Crippen molar-refractivity contribution in [3.8, 4) is 5.75 Å². The maximum Gasteiger partial charge on any atom is 0.177 e. The number of aliphatic imine (C=N–C) groups is 1. The zero-order valence-electron chi connectivity index (χ0n) is 30.6. The number of ketones is 1. The van der Waals surface area contributed by atoms with Gasteiger partial charge in [0.2, 0.25) is 0 Å². The zero-order chi connectivity index (χ0) is 33.8. The minimum atomic E-state index is -0.268. The monoisotopic (exact) mass is 607 g/mol. The molecule has 0 amide bonds. The van der Waals surface area contributed by atoms with Gasteiger partial charge in [0, 0.05) is 18.7 Å². The Balaban J connectivity index is -0.000000526. The Morgan fingerprint density at radius 2 is 1.72 bits per heavy atom. The molecule has 1 aromatic rings. The number of halogens is 1. The summed E-state index contributed by atoms with van der Waals surface area (Å²) in [4.78, 5) is 14.6. The van der Waals surface area contributed by atoms with Crippen LogP contribution < -0.4 is 10.5 Å². The predicted octanol–water partition coefficient (Wildman–Crippen LogP) is 11.7. The molecule has 0 spiro atoms. The summed E-state index contributed by atoms with van der Waals surface area (Å²) >= 11 is 0. The van der Waals surface area contributed by atoms with E-state index in [2.05, 4.69) is 46.5 Å². The van der Waals surface area contributed by atoms with E-state index in [0.29, 0.717) is 11.4 Å². The summed E-state index contributed by atoms with van der Waals surface area (Å²) in [6.45, 7) is 26.6. The lowest BCUT2D eigenvalue weighted by atomic mass is 9.66. The molecular formula is C38H71FN2O2. The SMILES string of the molecule is CC.CC=N/C(=C\CC)C(C)=O.CCC.CCCC(C)Oc1cc(CC)ccc1F.CCC[C@]1(N)CC(C)CC[C@@H]1CC. The van der Waals surface area contributed by atoms with E-state index >= 15 is 0 Å². The van der Waals surface area contributed by atoms with E-state index in [0.717, 1.165) is 43.1 Å². The van der Waals surface area contributed by atoms with Crippen molar-refractivity contribution in [2.75, 3.05) is 0 Å². The van der Waals surface area contributed by atoms with Crippen LogP contribution in [0.3, 0.4) is 0 Å². The quantitative estimate of drug-likeness (QED) is 0.201. The minimum Gasteiger partial charge on any atom is -0.488 e. The molecule has 0 radical (unpaired) electrons. The van der Waals surface area contributed by atoms with Crippen molar-refractivity contribution in [3.05, 3.63) is 41.4 Å². The number of aryl methyl sites for hydroxylation is 1. The Morgan fingerprint density at radius 1 is 1.12 bits per heavy atom. The lowest BCUT2D eigenvalue weighted by molar-refractivity contribution is -0.113. The lowest BCUT2D eigenvalue weighted by Gasteiger charge is -2.43. The number of carbonyl (C=O) groups excluding carboxylic acids is 1. The van der Waals surface area contributed by atoms with Crippen molar-refractivity contribution < 1.29 is 13.9 Å². The first-order chi connectivity index (χ1) is 20.4. The van der Waals surface area contributed by atoms with Crippen molar-refractivity contribution in [2.45, 2.75) is 172 Å². The third-order valence-electron chi connectivity index (χ3n) is 7.21. The van der Waals surface area contributed by atoms with Crippen LogP contribution in [0, 0.1) is 17.7 Å². The van der Waals surface area contributed by atoms with E-state index in [1.54, 1.807) is 25.3 Å². The number of hydrogen-bond acceptors (Lipinski definition) is 4. The number of hydrogen-bond donors (Lipinski definition) is 1. The Morgan fingerprint density at radius 3 is 2.16 bits per heavy atom. The van der Waals surface area contributed by atoms with Crippen LogP contribution in [0.25, 0.3) is 0 Å². The minimum absolute atomic E-state index is 0.0277. The van der Waals surface area contributed by atoms with Gasteiger partial charge in [-0.1, -0.05) is 113 Å². The molecule has 1 aliphatic carbocycles. The molecule has 2 unspecified atom stereocenters. The topological polar surface area (TPSA) is 64.7 Å². The molecule has 0 heterocycles. The van der Waals surface area contributed by atoms with Gasteiger partial charge >= 0.3 is 0 Å². The predicted molar refractivity (Wildman–Crippen MR) is 190 cm³/mol. The molecule has 2 N–H and O–H groups in total. The number of benzene rings is 1. The van der Waals surface area contributed by atoms with Gasteiger partial charge in [0.05, 0.1) is 6.10 Å². The average molecular weight is 607 g/mol. The van der Waals surface area contributed by atoms with E-state index < -0.39 is 0 Å². The van der Waals surface area contributed by atoms with Crippen molar-refractivity contribution in [1.82, 2.24) is 0 Å². The molecule has 0 aliphatic heterocycles. The molecule has 43 heavy (non-hydrogen) atoms. The summed E-state index contributed by atoms with van der Waals surface area (Å²) in [6.07, 6.45) is 16.3. The van der Waals surface area contributed by atoms with Gasteiger partial charge in [-0.25, -0.2) is 4.39 Å². The third kappa shape index (κ3) is 21.4. The maximum absolute atomic E-state index is 13.4. The number of rotatable bonds is 11. The summed E-state index contributed by atoms with van der Waals surface area (Å²) in [6, 6.07) is 5.07. The Bertz CT molecular complexity index is 868. The Labute approximate surface area is 267 Å². The molecule has 1 saturated carbocycles. The number of nitrogens with zero attached hydrogens (tertiary/aromatic N) is 1. The van der Waals surface area contributed by atoms with Gasteiger partial charge in [-0.05, 0) is 81.9 Å². The smallest absolute Gasteiger partial charge is 0.177 e. The van der Waals surface area contributed by atoms with Gasteiger partial charge in [-0.3, -0.25) is 9.79 Å². The molecule has 4 atom stereocenters. The van der Waals surface area contributed by atoms with Crippen LogP contribution >= 0.6 is 0 Å². The summed E-state index contributed by atoms with van der Waals surface area (Å²) in [5, 5.41) is 0. The molecule has 4 nitrogen and oxygen atoms in total. The lowest BCUT2D eigenvalue weighted by Crippen LogP contribution is -2.50.